The molecule has 0 spiro atoms. The van der Waals surface area contributed by atoms with Crippen LogP contribution in [-0.2, 0) is 16.0 Å². The molecule has 0 aromatic heterocycles. The lowest BCUT2D eigenvalue weighted by atomic mass is 9.83. The second-order valence-corrected chi connectivity index (χ2v) is 6.67. The first-order chi connectivity index (χ1) is 13.5. The van der Waals surface area contributed by atoms with Gasteiger partial charge in [-0.1, -0.05) is 12.1 Å². The summed E-state index contributed by atoms with van der Waals surface area (Å²) in [5.41, 5.74) is 1.43. The zero-order valence-corrected chi connectivity index (χ0v) is 16.0. The average Bonchev–Trinajstić information content (AvgIpc) is 3.08. The summed E-state index contributed by atoms with van der Waals surface area (Å²) in [6, 6.07) is 10.1. The molecule has 3 rings (SSSR count). The normalized spacial score (nSPS) is 19.8. The minimum atomic E-state index is -0.907. The minimum absolute atomic E-state index is 0.0298. The van der Waals surface area contributed by atoms with Crippen LogP contribution in [0.4, 0.5) is 0 Å². The molecule has 7 nitrogen and oxygen atoms in total. The number of phenols is 1. The number of benzene rings is 2. The number of aliphatic hydroxyl groups excluding tert-OH is 1. The first kappa shape index (κ1) is 19.8. The summed E-state index contributed by atoms with van der Waals surface area (Å²) in [6.07, 6.45) is -0.542. The summed E-state index contributed by atoms with van der Waals surface area (Å²) in [5, 5.41) is 20.7. The van der Waals surface area contributed by atoms with Crippen molar-refractivity contribution in [3.63, 3.8) is 0 Å². The molecule has 3 atom stereocenters. The second kappa shape index (κ2) is 8.39. The van der Waals surface area contributed by atoms with E-state index in [0.717, 1.165) is 5.56 Å². The van der Waals surface area contributed by atoms with Crippen molar-refractivity contribution in [3.8, 4) is 23.0 Å². The highest BCUT2D eigenvalue weighted by molar-refractivity contribution is 5.75. The van der Waals surface area contributed by atoms with E-state index in [-0.39, 0.29) is 18.3 Å². The Morgan fingerprint density at radius 2 is 1.75 bits per heavy atom. The van der Waals surface area contributed by atoms with Gasteiger partial charge in [0, 0.05) is 5.92 Å². The highest BCUT2D eigenvalue weighted by Crippen LogP contribution is 2.39. The lowest BCUT2D eigenvalue weighted by molar-refractivity contribution is -0.141. The molecule has 1 saturated heterocycles. The molecule has 0 amide bonds. The van der Waals surface area contributed by atoms with Crippen molar-refractivity contribution in [1.29, 1.82) is 0 Å². The van der Waals surface area contributed by atoms with Gasteiger partial charge in [0.2, 0.25) is 0 Å². The molecule has 0 radical (unpaired) electrons. The Hall–Kier alpha value is -2.93. The van der Waals surface area contributed by atoms with Crippen LogP contribution in [0.25, 0.3) is 0 Å². The highest BCUT2D eigenvalue weighted by Gasteiger charge is 2.41. The number of cyclic esters (lactones) is 1. The highest BCUT2D eigenvalue weighted by atomic mass is 16.5. The number of hydrogen-bond acceptors (Lipinski definition) is 7. The average molecular weight is 388 g/mol. The Kier molecular flexibility index (Phi) is 5.94. The van der Waals surface area contributed by atoms with Gasteiger partial charge in [-0.25, -0.2) is 0 Å². The maximum atomic E-state index is 12.3. The van der Waals surface area contributed by atoms with E-state index in [1.807, 2.05) is 0 Å². The van der Waals surface area contributed by atoms with Crippen LogP contribution in [0.2, 0.25) is 0 Å². The predicted octanol–water partition coefficient (Wildman–Crippen LogP) is 2.48. The van der Waals surface area contributed by atoms with Crippen LogP contribution < -0.4 is 14.2 Å². The van der Waals surface area contributed by atoms with Gasteiger partial charge in [-0.15, -0.1) is 0 Å². The summed E-state index contributed by atoms with van der Waals surface area (Å²) in [7, 11) is 4.53. The summed E-state index contributed by atoms with van der Waals surface area (Å²) in [6.45, 7) is 0.133. The third-order valence-corrected chi connectivity index (χ3v) is 5.09. The maximum Gasteiger partial charge on any atom is 0.309 e. The number of rotatable bonds is 7. The van der Waals surface area contributed by atoms with Crippen LogP contribution in [0.5, 0.6) is 23.0 Å². The largest absolute Gasteiger partial charge is 0.504 e. The van der Waals surface area contributed by atoms with Gasteiger partial charge in [0.1, 0.15) is 0 Å². The molecule has 1 heterocycles. The zero-order chi connectivity index (χ0) is 20.3. The molecule has 28 heavy (non-hydrogen) atoms. The van der Waals surface area contributed by atoms with Gasteiger partial charge in [0.25, 0.3) is 0 Å². The van der Waals surface area contributed by atoms with Gasteiger partial charge < -0.3 is 29.2 Å². The van der Waals surface area contributed by atoms with Crippen LogP contribution >= 0.6 is 0 Å². The zero-order valence-electron chi connectivity index (χ0n) is 16.0. The van der Waals surface area contributed by atoms with E-state index in [9.17, 15) is 15.0 Å². The smallest absolute Gasteiger partial charge is 0.309 e. The fourth-order valence-corrected chi connectivity index (χ4v) is 3.51. The second-order valence-electron chi connectivity index (χ2n) is 6.67. The van der Waals surface area contributed by atoms with Crippen molar-refractivity contribution in [2.24, 2.45) is 11.8 Å². The molecule has 150 valence electrons. The molecule has 0 bridgehead atoms. The van der Waals surface area contributed by atoms with E-state index in [1.54, 1.807) is 37.4 Å². The van der Waals surface area contributed by atoms with Crippen LogP contribution in [0, 0.1) is 11.8 Å². The standard InChI is InChI=1S/C21H24O7/c1-25-17-7-5-13(10-19(17)27-3)20(23)15-11-28-21(24)14(15)8-12-4-6-16(22)18(9-12)26-2/h4-7,9-10,14-15,20,22-23H,8,11H2,1-3H3. The monoisotopic (exact) mass is 388 g/mol. The summed E-state index contributed by atoms with van der Waals surface area (Å²) in [5.74, 6) is 0.149. The third-order valence-electron chi connectivity index (χ3n) is 5.09. The fraction of sp³-hybridized carbons (Fsp3) is 0.381. The summed E-state index contributed by atoms with van der Waals surface area (Å²) >= 11 is 0. The Labute approximate surface area is 163 Å². The number of phenolic OH excluding ortho intramolecular Hbond substituents is 1. The lowest BCUT2D eigenvalue weighted by Gasteiger charge is -2.22. The number of aliphatic hydroxyl groups is 1. The predicted molar refractivity (Wildman–Crippen MR) is 101 cm³/mol. The number of esters is 1. The van der Waals surface area contributed by atoms with Crippen molar-refractivity contribution in [1.82, 2.24) is 0 Å². The van der Waals surface area contributed by atoms with E-state index in [0.29, 0.717) is 29.2 Å². The van der Waals surface area contributed by atoms with E-state index in [4.69, 9.17) is 18.9 Å². The SMILES string of the molecule is COc1cc(CC2C(=O)OCC2C(O)c2ccc(OC)c(OC)c2)ccc1O. The van der Waals surface area contributed by atoms with E-state index in [2.05, 4.69) is 0 Å². The number of methoxy groups -OCH3 is 3. The molecule has 7 heteroatoms. The molecule has 3 unspecified atom stereocenters. The van der Waals surface area contributed by atoms with Crippen molar-refractivity contribution in [2.75, 3.05) is 27.9 Å². The Balaban J connectivity index is 1.83. The topological polar surface area (TPSA) is 94.5 Å². The molecule has 2 aromatic rings. The third kappa shape index (κ3) is 3.84. The molecular weight excluding hydrogens is 364 g/mol. The van der Waals surface area contributed by atoms with Gasteiger partial charge >= 0.3 is 5.97 Å². The number of carbonyl (C=O) groups is 1. The van der Waals surface area contributed by atoms with E-state index in [1.165, 1.54) is 20.3 Å². The van der Waals surface area contributed by atoms with Gasteiger partial charge in [0.05, 0.1) is 40.0 Å². The molecule has 0 aliphatic carbocycles. The summed E-state index contributed by atoms with van der Waals surface area (Å²) < 4.78 is 20.9. The lowest BCUT2D eigenvalue weighted by Crippen LogP contribution is -2.24. The van der Waals surface area contributed by atoms with E-state index >= 15 is 0 Å². The first-order valence-corrected chi connectivity index (χ1v) is 8.91. The first-order valence-electron chi connectivity index (χ1n) is 8.91. The number of aromatic hydroxyl groups is 1. The summed E-state index contributed by atoms with van der Waals surface area (Å²) in [4.78, 5) is 12.3. The number of carbonyl (C=O) groups excluding carboxylic acids is 1. The van der Waals surface area contributed by atoms with Crippen LogP contribution in [-0.4, -0.2) is 44.1 Å². The molecular formula is C21H24O7. The van der Waals surface area contributed by atoms with Crippen molar-refractivity contribution >= 4 is 5.97 Å². The van der Waals surface area contributed by atoms with Crippen LogP contribution in [0.15, 0.2) is 36.4 Å². The molecule has 2 aromatic carbocycles. The van der Waals surface area contributed by atoms with Crippen LogP contribution in [0.3, 0.4) is 0 Å². The number of hydrogen-bond donors (Lipinski definition) is 2. The van der Waals surface area contributed by atoms with Gasteiger partial charge in [-0.05, 0) is 41.8 Å². The van der Waals surface area contributed by atoms with E-state index < -0.39 is 17.9 Å². The number of ether oxygens (including phenoxy) is 4. The quantitative estimate of drug-likeness (QED) is 0.704. The van der Waals surface area contributed by atoms with Crippen molar-refractivity contribution in [3.05, 3.63) is 47.5 Å². The van der Waals surface area contributed by atoms with Crippen LogP contribution in [0.1, 0.15) is 17.2 Å². The van der Waals surface area contributed by atoms with Gasteiger partial charge in [0.15, 0.2) is 23.0 Å². The fourth-order valence-electron chi connectivity index (χ4n) is 3.51. The molecule has 2 N–H and O–H groups in total. The minimum Gasteiger partial charge on any atom is -0.504 e. The Bertz CT molecular complexity index is 849. The molecule has 1 aliphatic heterocycles. The van der Waals surface area contributed by atoms with Gasteiger partial charge in [-0.2, -0.15) is 0 Å². The van der Waals surface area contributed by atoms with Crippen molar-refractivity contribution < 1.29 is 34.0 Å². The maximum absolute atomic E-state index is 12.3. The van der Waals surface area contributed by atoms with Gasteiger partial charge in [-0.3, -0.25) is 4.79 Å². The van der Waals surface area contributed by atoms with Crippen molar-refractivity contribution in [2.45, 2.75) is 12.5 Å². The molecule has 1 aliphatic rings. The Morgan fingerprint density at radius 1 is 1.04 bits per heavy atom. The Morgan fingerprint density at radius 3 is 2.43 bits per heavy atom. The molecule has 1 fully saturated rings. The molecule has 0 saturated carbocycles.